The highest BCUT2D eigenvalue weighted by Gasteiger charge is 2.06. The summed E-state index contributed by atoms with van der Waals surface area (Å²) in [5, 5.41) is 3.29. The van der Waals surface area contributed by atoms with Crippen molar-refractivity contribution in [3.8, 4) is 0 Å². The van der Waals surface area contributed by atoms with Gasteiger partial charge >= 0.3 is 0 Å². The molecule has 3 nitrogen and oxygen atoms in total. The van der Waals surface area contributed by atoms with Crippen molar-refractivity contribution in [1.82, 2.24) is 15.3 Å². The van der Waals surface area contributed by atoms with Crippen molar-refractivity contribution in [3.05, 3.63) is 59.4 Å². The molecule has 1 heterocycles. The van der Waals surface area contributed by atoms with Crippen LogP contribution in [-0.2, 0) is 6.54 Å². The average Bonchev–Trinajstić information content (AvgIpc) is 2.38. The standard InChI is InChI=1S/C14H16FN3/c1-10-7-18-14(8-16-10)9-17-11(2)12-4-3-5-13(15)6-12/h3-8,11,17H,9H2,1-2H3. The topological polar surface area (TPSA) is 37.8 Å². The molecule has 0 saturated carbocycles. The van der Waals surface area contributed by atoms with Crippen LogP contribution in [0.1, 0.15) is 29.9 Å². The normalized spacial score (nSPS) is 12.4. The van der Waals surface area contributed by atoms with Gasteiger partial charge in [-0.3, -0.25) is 9.97 Å². The van der Waals surface area contributed by atoms with Gasteiger partial charge in [0, 0.05) is 25.0 Å². The molecule has 0 amide bonds. The van der Waals surface area contributed by atoms with Crippen LogP contribution >= 0.6 is 0 Å². The van der Waals surface area contributed by atoms with Gasteiger partial charge in [-0.2, -0.15) is 0 Å². The van der Waals surface area contributed by atoms with Crippen molar-refractivity contribution < 1.29 is 4.39 Å². The average molecular weight is 245 g/mol. The molecular weight excluding hydrogens is 229 g/mol. The van der Waals surface area contributed by atoms with Crippen LogP contribution in [0.5, 0.6) is 0 Å². The number of nitrogens with zero attached hydrogens (tertiary/aromatic N) is 2. The van der Waals surface area contributed by atoms with Gasteiger partial charge in [-0.15, -0.1) is 0 Å². The fraction of sp³-hybridized carbons (Fsp3) is 0.286. The monoisotopic (exact) mass is 245 g/mol. The fourth-order valence-electron chi connectivity index (χ4n) is 1.66. The Balaban J connectivity index is 1.96. The van der Waals surface area contributed by atoms with Crippen molar-refractivity contribution in [3.63, 3.8) is 0 Å². The lowest BCUT2D eigenvalue weighted by Gasteiger charge is -2.13. The third-order valence-corrected chi connectivity index (χ3v) is 2.77. The van der Waals surface area contributed by atoms with E-state index in [-0.39, 0.29) is 11.9 Å². The van der Waals surface area contributed by atoms with Gasteiger partial charge in [0.1, 0.15) is 5.82 Å². The molecular formula is C14H16FN3. The smallest absolute Gasteiger partial charge is 0.123 e. The van der Waals surface area contributed by atoms with Crippen LogP contribution < -0.4 is 5.32 Å². The molecule has 0 aliphatic heterocycles. The van der Waals surface area contributed by atoms with E-state index in [0.29, 0.717) is 6.54 Å². The van der Waals surface area contributed by atoms with Gasteiger partial charge in [-0.1, -0.05) is 12.1 Å². The summed E-state index contributed by atoms with van der Waals surface area (Å²) in [7, 11) is 0. The van der Waals surface area contributed by atoms with Gasteiger partial charge in [0.15, 0.2) is 0 Å². The maximum Gasteiger partial charge on any atom is 0.123 e. The molecule has 0 bridgehead atoms. The molecule has 1 atom stereocenters. The van der Waals surface area contributed by atoms with E-state index in [1.165, 1.54) is 6.07 Å². The number of halogens is 1. The molecule has 1 unspecified atom stereocenters. The van der Waals surface area contributed by atoms with Gasteiger partial charge in [0.25, 0.3) is 0 Å². The molecule has 0 fully saturated rings. The summed E-state index contributed by atoms with van der Waals surface area (Å²) in [5.41, 5.74) is 2.70. The maximum atomic E-state index is 13.1. The number of aromatic nitrogens is 2. The first kappa shape index (κ1) is 12.6. The minimum Gasteiger partial charge on any atom is -0.305 e. The second kappa shape index (κ2) is 5.69. The van der Waals surface area contributed by atoms with Crippen molar-refractivity contribution in [2.45, 2.75) is 26.4 Å². The largest absolute Gasteiger partial charge is 0.305 e. The van der Waals surface area contributed by atoms with Gasteiger partial charge in [0.2, 0.25) is 0 Å². The Morgan fingerprint density at radius 1 is 1.28 bits per heavy atom. The predicted octanol–water partition coefficient (Wildman–Crippen LogP) is 2.77. The highest BCUT2D eigenvalue weighted by Crippen LogP contribution is 2.13. The second-order valence-corrected chi connectivity index (χ2v) is 4.31. The van der Waals surface area contributed by atoms with Crippen LogP contribution in [0.3, 0.4) is 0 Å². The Hall–Kier alpha value is -1.81. The van der Waals surface area contributed by atoms with E-state index in [4.69, 9.17) is 0 Å². The summed E-state index contributed by atoms with van der Waals surface area (Å²) in [4.78, 5) is 8.44. The summed E-state index contributed by atoms with van der Waals surface area (Å²) in [6.07, 6.45) is 3.49. The summed E-state index contributed by atoms with van der Waals surface area (Å²) >= 11 is 0. The Kier molecular flexibility index (Phi) is 3.99. The first-order chi connectivity index (χ1) is 8.65. The fourth-order valence-corrected chi connectivity index (χ4v) is 1.66. The molecule has 2 rings (SSSR count). The van der Waals surface area contributed by atoms with E-state index in [0.717, 1.165) is 17.0 Å². The molecule has 0 aliphatic carbocycles. The zero-order valence-electron chi connectivity index (χ0n) is 10.5. The van der Waals surface area contributed by atoms with Crippen LogP contribution in [0, 0.1) is 12.7 Å². The number of rotatable bonds is 4. The van der Waals surface area contributed by atoms with Crippen molar-refractivity contribution in [2.24, 2.45) is 0 Å². The Morgan fingerprint density at radius 3 is 2.78 bits per heavy atom. The Bertz CT molecular complexity index is 511. The molecule has 0 aliphatic rings. The highest BCUT2D eigenvalue weighted by molar-refractivity contribution is 5.19. The number of nitrogens with one attached hydrogen (secondary N) is 1. The first-order valence-electron chi connectivity index (χ1n) is 5.91. The lowest BCUT2D eigenvalue weighted by atomic mass is 10.1. The molecule has 0 spiro atoms. The maximum absolute atomic E-state index is 13.1. The van der Waals surface area contributed by atoms with E-state index in [1.54, 1.807) is 24.5 Å². The first-order valence-corrected chi connectivity index (χ1v) is 5.91. The number of hydrogen-bond acceptors (Lipinski definition) is 3. The van der Waals surface area contributed by atoms with E-state index >= 15 is 0 Å². The lowest BCUT2D eigenvalue weighted by molar-refractivity contribution is 0.558. The molecule has 0 saturated heterocycles. The zero-order chi connectivity index (χ0) is 13.0. The van der Waals surface area contributed by atoms with E-state index in [9.17, 15) is 4.39 Å². The third kappa shape index (κ3) is 3.34. The Labute approximate surface area is 106 Å². The molecule has 4 heteroatoms. The lowest BCUT2D eigenvalue weighted by Crippen LogP contribution is -2.19. The van der Waals surface area contributed by atoms with Gasteiger partial charge < -0.3 is 5.32 Å². The van der Waals surface area contributed by atoms with Crippen molar-refractivity contribution in [1.29, 1.82) is 0 Å². The SMILES string of the molecule is Cc1cnc(CNC(C)c2cccc(F)c2)cn1. The minimum atomic E-state index is -0.212. The highest BCUT2D eigenvalue weighted by atomic mass is 19.1. The third-order valence-electron chi connectivity index (χ3n) is 2.77. The van der Waals surface area contributed by atoms with Gasteiger partial charge in [-0.25, -0.2) is 4.39 Å². The van der Waals surface area contributed by atoms with E-state index in [2.05, 4.69) is 15.3 Å². The summed E-state index contributed by atoms with van der Waals surface area (Å²) in [6, 6.07) is 6.68. The predicted molar refractivity (Wildman–Crippen MR) is 68.4 cm³/mol. The van der Waals surface area contributed by atoms with Crippen LogP contribution in [0.25, 0.3) is 0 Å². The number of aryl methyl sites for hydroxylation is 1. The molecule has 1 aromatic carbocycles. The number of hydrogen-bond donors (Lipinski definition) is 1. The zero-order valence-corrected chi connectivity index (χ0v) is 10.5. The Morgan fingerprint density at radius 2 is 2.11 bits per heavy atom. The molecule has 1 N–H and O–H groups in total. The van der Waals surface area contributed by atoms with Gasteiger partial charge in [-0.05, 0) is 31.5 Å². The molecule has 2 aromatic rings. The van der Waals surface area contributed by atoms with Gasteiger partial charge in [0.05, 0.1) is 11.4 Å². The molecule has 94 valence electrons. The second-order valence-electron chi connectivity index (χ2n) is 4.31. The van der Waals surface area contributed by atoms with Crippen molar-refractivity contribution >= 4 is 0 Å². The van der Waals surface area contributed by atoms with Crippen LogP contribution in [-0.4, -0.2) is 9.97 Å². The molecule has 18 heavy (non-hydrogen) atoms. The molecule has 0 radical (unpaired) electrons. The summed E-state index contributed by atoms with van der Waals surface area (Å²) < 4.78 is 13.1. The number of benzene rings is 1. The summed E-state index contributed by atoms with van der Waals surface area (Å²) in [6.45, 7) is 4.51. The quantitative estimate of drug-likeness (QED) is 0.900. The minimum absolute atomic E-state index is 0.0730. The van der Waals surface area contributed by atoms with E-state index < -0.39 is 0 Å². The van der Waals surface area contributed by atoms with Crippen LogP contribution in [0.4, 0.5) is 4.39 Å². The van der Waals surface area contributed by atoms with E-state index in [1.807, 2.05) is 19.9 Å². The molecule has 1 aromatic heterocycles. The van der Waals surface area contributed by atoms with Crippen molar-refractivity contribution in [2.75, 3.05) is 0 Å². The van der Waals surface area contributed by atoms with Crippen LogP contribution in [0.2, 0.25) is 0 Å². The summed E-state index contributed by atoms with van der Waals surface area (Å²) in [5.74, 6) is -0.212. The van der Waals surface area contributed by atoms with Crippen LogP contribution in [0.15, 0.2) is 36.7 Å².